The molecule has 110 valence electrons. The molecule has 0 aliphatic heterocycles. The molecule has 1 fully saturated rings. The van der Waals surface area contributed by atoms with Crippen LogP contribution in [0.1, 0.15) is 42.4 Å². The van der Waals surface area contributed by atoms with Crippen LogP contribution in [-0.4, -0.2) is 12.2 Å². The maximum absolute atomic E-state index is 10.2. The third-order valence-electron chi connectivity index (χ3n) is 4.68. The van der Waals surface area contributed by atoms with Gasteiger partial charge in [0.2, 0.25) is 0 Å². The number of phenols is 1. The maximum atomic E-state index is 10.2. The van der Waals surface area contributed by atoms with Crippen LogP contribution in [0.4, 0.5) is 0 Å². The minimum absolute atomic E-state index is 0.0957. The number of ether oxygens (including phenoxy) is 1. The predicted molar refractivity (Wildman–Crippen MR) is 84.4 cm³/mol. The van der Waals surface area contributed by atoms with Gasteiger partial charge in [-0.2, -0.15) is 0 Å². The van der Waals surface area contributed by atoms with Crippen molar-refractivity contribution in [2.24, 2.45) is 5.92 Å². The van der Waals surface area contributed by atoms with Gasteiger partial charge in [-0.3, -0.25) is 0 Å². The first-order valence-corrected chi connectivity index (χ1v) is 7.67. The van der Waals surface area contributed by atoms with Crippen molar-refractivity contribution in [1.82, 2.24) is 0 Å². The Kier molecular flexibility index (Phi) is 4.26. The molecule has 0 bridgehead atoms. The lowest BCUT2D eigenvalue weighted by Gasteiger charge is -2.28. The highest BCUT2D eigenvalue weighted by atomic mass is 16.5. The Labute approximate surface area is 126 Å². The van der Waals surface area contributed by atoms with Gasteiger partial charge in [0, 0.05) is 7.11 Å². The zero-order valence-electron chi connectivity index (χ0n) is 12.4. The van der Waals surface area contributed by atoms with Gasteiger partial charge in [0.1, 0.15) is 5.75 Å². The van der Waals surface area contributed by atoms with E-state index in [1.807, 2.05) is 18.2 Å². The van der Waals surface area contributed by atoms with Gasteiger partial charge in [0.25, 0.3) is 0 Å². The van der Waals surface area contributed by atoms with Crippen LogP contribution in [0, 0.1) is 5.92 Å². The Morgan fingerprint density at radius 1 is 1.00 bits per heavy atom. The number of aromatic hydroxyl groups is 1. The van der Waals surface area contributed by atoms with E-state index in [9.17, 15) is 5.11 Å². The summed E-state index contributed by atoms with van der Waals surface area (Å²) < 4.78 is 5.83. The molecule has 0 radical (unpaired) electrons. The summed E-state index contributed by atoms with van der Waals surface area (Å²) in [6.45, 7) is 0. The molecule has 2 aromatic carbocycles. The second-order valence-electron chi connectivity index (χ2n) is 5.83. The summed E-state index contributed by atoms with van der Waals surface area (Å²) in [5, 5.41) is 10.2. The van der Waals surface area contributed by atoms with Gasteiger partial charge in [0.15, 0.2) is 0 Å². The van der Waals surface area contributed by atoms with E-state index in [0.717, 1.165) is 18.4 Å². The molecule has 2 heteroatoms. The molecule has 0 saturated heterocycles. The highest BCUT2D eigenvalue weighted by Crippen LogP contribution is 2.49. The number of hydrogen-bond donors (Lipinski definition) is 1. The number of benzene rings is 2. The number of methoxy groups -OCH3 is 1. The topological polar surface area (TPSA) is 29.5 Å². The van der Waals surface area contributed by atoms with Crippen molar-refractivity contribution in [2.75, 3.05) is 7.11 Å². The smallest absolute Gasteiger partial charge is 0.119 e. The van der Waals surface area contributed by atoms with E-state index in [-0.39, 0.29) is 6.10 Å². The van der Waals surface area contributed by atoms with E-state index < -0.39 is 0 Å². The fourth-order valence-corrected chi connectivity index (χ4v) is 3.74. The van der Waals surface area contributed by atoms with Crippen molar-refractivity contribution in [1.29, 1.82) is 0 Å². The Morgan fingerprint density at radius 3 is 2.43 bits per heavy atom. The summed E-state index contributed by atoms with van der Waals surface area (Å²) in [5.74, 6) is 1.21. The highest BCUT2D eigenvalue weighted by molar-refractivity contribution is 5.36. The maximum Gasteiger partial charge on any atom is 0.119 e. The van der Waals surface area contributed by atoms with Crippen LogP contribution < -0.4 is 0 Å². The summed E-state index contributed by atoms with van der Waals surface area (Å²) in [4.78, 5) is 0. The van der Waals surface area contributed by atoms with Crippen molar-refractivity contribution in [3.63, 3.8) is 0 Å². The molecule has 3 atom stereocenters. The molecule has 1 unspecified atom stereocenters. The molecule has 0 spiro atoms. The van der Waals surface area contributed by atoms with E-state index in [1.165, 1.54) is 12.0 Å². The van der Waals surface area contributed by atoms with Crippen molar-refractivity contribution in [3.8, 4) is 5.75 Å². The predicted octanol–water partition coefficient (Wildman–Crippen LogP) is 4.66. The molecule has 21 heavy (non-hydrogen) atoms. The van der Waals surface area contributed by atoms with Crippen molar-refractivity contribution < 1.29 is 9.84 Å². The van der Waals surface area contributed by atoms with Crippen LogP contribution in [-0.2, 0) is 4.74 Å². The van der Waals surface area contributed by atoms with Crippen molar-refractivity contribution >= 4 is 0 Å². The summed E-state index contributed by atoms with van der Waals surface area (Å²) >= 11 is 0. The van der Waals surface area contributed by atoms with E-state index in [4.69, 9.17) is 4.74 Å². The Balaban J connectivity index is 1.91. The number of hydrogen-bond acceptors (Lipinski definition) is 2. The average molecular weight is 282 g/mol. The quantitative estimate of drug-likeness (QED) is 0.883. The second-order valence-corrected chi connectivity index (χ2v) is 5.83. The first-order valence-electron chi connectivity index (χ1n) is 7.67. The fourth-order valence-electron chi connectivity index (χ4n) is 3.74. The molecule has 0 amide bonds. The lowest BCUT2D eigenvalue weighted by molar-refractivity contribution is 0.0465. The normalized spacial score (nSPS) is 23.1. The third kappa shape index (κ3) is 2.81. The highest BCUT2D eigenvalue weighted by Gasteiger charge is 2.36. The molecular formula is C19H22O2. The molecule has 1 saturated carbocycles. The van der Waals surface area contributed by atoms with Gasteiger partial charge in [-0.25, -0.2) is 0 Å². The Morgan fingerprint density at radius 2 is 1.71 bits per heavy atom. The van der Waals surface area contributed by atoms with Gasteiger partial charge in [-0.1, -0.05) is 55.0 Å². The van der Waals surface area contributed by atoms with Crippen LogP contribution in [0.3, 0.4) is 0 Å². The van der Waals surface area contributed by atoms with Crippen LogP contribution in [0.5, 0.6) is 5.75 Å². The van der Waals surface area contributed by atoms with Crippen LogP contribution >= 0.6 is 0 Å². The summed E-state index contributed by atoms with van der Waals surface area (Å²) in [6, 6.07) is 18.2. The molecular weight excluding hydrogens is 260 g/mol. The van der Waals surface area contributed by atoms with E-state index >= 15 is 0 Å². The largest absolute Gasteiger partial charge is 0.508 e. The van der Waals surface area contributed by atoms with E-state index in [1.54, 1.807) is 13.2 Å². The fraction of sp³-hybridized carbons (Fsp3) is 0.368. The van der Waals surface area contributed by atoms with E-state index in [0.29, 0.717) is 17.6 Å². The minimum atomic E-state index is 0.0957. The number of rotatable bonds is 4. The van der Waals surface area contributed by atoms with Crippen LogP contribution in [0.2, 0.25) is 0 Å². The zero-order chi connectivity index (χ0) is 14.7. The molecule has 3 rings (SSSR count). The molecule has 0 heterocycles. The van der Waals surface area contributed by atoms with E-state index in [2.05, 4.69) is 30.3 Å². The van der Waals surface area contributed by atoms with Crippen molar-refractivity contribution in [2.45, 2.75) is 31.3 Å². The molecule has 0 aromatic heterocycles. The first-order chi connectivity index (χ1) is 10.3. The molecule has 2 nitrogen and oxygen atoms in total. The third-order valence-corrected chi connectivity index (χ3v) is 4.68. The lowest BCUT2D eigenvalue weighted by Crippen LogP contribution is -2.18. The summed E-state index contributed by atoms with van der Waals surface area (Å²) in [5.41, 5.74) is 2.30. The van der Waals surface area contributed by atoms with Gasteiger partial charge in [0.05, 0.1) is 6.10 Å². The number of phenolic OH excluding ortho intramolecular Hbond substituents is 1. The minimum Gasteiger partial charge on any atom is -0.508 e. The Bertz CT molecular complexity index is 579. The van der Waals surface area contributed by atoms with Crippen LogP contribution in [0.15, 0.2) is 54.6 Å². The first kappa shape index (κ1) is 14.2. The lowest BCUT2D eigenvalue weighted by atomic mass is 9.82. The van der Waals surface area contributed by atoms with Gasteiger partial charge in [-0.15, -0.1) is 0 Å². The Hall–Kier alpha value is -1.80. The average Bonchev–Trinajstić information content (AvgIpc) is 2.99. The monoisotopic (exact) mass is 282 g/mol. The summed E-state index contributed by atoms with van der Waals surface area (Å²) in [7, 11) is 1.79. The molecule has 1 aliphatic carbocycles. The number of para-hydroxylation sites is 1. The standard InChI is InChI=1S/C19H22O2/c1-21-19(14-8-3-2-4-9-14)17-12-7-11-15(17)16-10-5-6-13-18(16)20/h2-6,8-10,13,15,17,19-20H,7,11-12H2,1H3/t15-,17-,19?/m1/s1. The second kappa shape index (κ2) is 6.31. The van der Waals surface area contributed by atoms with Gasteiger partial charge in [-0.05, 0) is 41.9 Å². The summed E-state index contributed by atoms with van der Waals surface area (Å²) in [6.07, 6.45) is 3.55. The van der Waals surface area contributed by atoms with Crippen LogP contribution in [0.25, 0.3) is 0 Å². The molecule has 1 aliphatic rings. The molecule has 2 aromatic rings. The SMILES string of the molecule is COC(c1ccccc1)[C@@H]1CCC[C@@H]1c1ccccc1O. The zero-order valence-corrected chi connectivity index (χ0v) is 12.4. The van der Waals surface area contributed by atoms with Gasteiger partial charge < -0.3 is 9.84 Å². The van der Waals surface area contributed by atoms with Gasteiger partial charge >= 0.3 is 0 Å². The molecule has 1 N–H and O–H groups in total. The van der Waals surface area contributed by atoms with Crippen molar-refractivity contribution in [3.05, 3.63) is 65.7 Å².